The number of rotatable bonds is 5. The van der Waals surface area contributed by atoms with E-state index in [1.165, 1.54) is 11.3 Å². The van der Waals surface area contributed by atoms with Crippen LogP contribution in [-0.2, 0) is 0 Å². The number of amides is 1. The van der Waals surface area contributed by atoms with Crippen LogP contribution in [0.4, 0.5) is 0 Å². The molecule has 4 nitrogen and oxygen atoms in total. The summed E-state index contributed by atoms with van der Waals surface area (Å²) in [7, 11) is 0. The number of carbonyl (C=O) groups excluding carboxylic acids is 1. The van der Waals surface area contributed by atoms with Crippen LogP contribution >= 0.6 is 22.7 Å². The van der Waals surface area contributed by atoms with Crippen molar-refractivity contribution in [1.82, 2.24) is 10.3 Å². The Hall–Kier alpha value is -1.24. The van der Waals surface area contributed by atoms with Crippen molar-refractivity contribution in [2.45, 2.75) is 25.3 Å². The SMILES string of the molecule is CC(CO)(NC(=O)c1csc(-c2cccs2)n1)C1CC1. The highest BCUT2D eigenvalue weighted by Gasteiger charge is 2.42. The Morgan fingerprint density at radius 3 is 2.95 bits per heavy atom. The molecule has 2 heterocycles. The molecule has 1 fully saturated rings. The Kier molecular flexibility index (Phi) is 3.62. The molecule has 0 aromatic carbocycles. The fourth-order valence-electron chi connectivity index (χ4n) is 2.21. The fourth-order valence-corrected chi connectivity index (χ4v) is 3.82. The summed E-state index contributed by atoms with van der Waals surface area (Å²) < 4.78 is 0. The van der Waals surface area contributed by atoms with Crippen LogP contribution in [0.15, 0.2) is 22.9 Å². The van der Waals surface area contributed by atoms with E-state index in [9.17, 15) is 9.90 Å². The van der Waals surface area contributed by atoms with Gasteiger partial charge in [-0.05, 0) is 37.1 Å². The third kappa shape index (κ3) is 2.63. The van der Waals surface area contributed by atoms with Gasteiger partial charge in [-0.1, -0.05) is 6.07 Å². The van der Waals surface area contributed by atoms with E-state index in [0.717, 1.165) is 22.7 Å². The molecule has 1 saturated carbocycles. The quantitative estimate of drug-likeness (QED) is 0.893. The predicted molar refractivity (Wildman–Crippen MR) is 81.1 cm³/mol. The van der Waals surface area contributed by atoms with Crippen LogP contribution in [0.5, 0.6) is 0 Å². The maximum atomic E-state index is 12.3. The smallest absolute Gasteiger partial charge is 0.271 e. The Bertz CT molecular complexity index is 604. The Morgan fingerprint density at radius 2 is 2.35 bits per heavy atom. The molecule has 0 bridgehead atoms. The van der Waals surface area contributed by atoms with Crippen molar-refractivity contribution in [2.24, 2.45) is 5.92 Å². The molecule has 0 saturated heterocycles. The molecular weight excluding hydrogens is 292 g/mol. The summed E-state index contributed by atoms with van der Waals surface area (Å²) in [6, 6.07) is 3.96. The molecule has 2 aromatic heterocycles. The lowest BCUT2D eigenvalue weighted by Crippen LogP contribution is -2.50. The summed E-state index contributed by atoms with van der Waals surface area (Å²) in [6.45, 7) is 1.86. The topological polar surface area (TPSA) is 62.2 Å². The highest BCUT2D eigenvalue weighted by Crippen LogP contribution is 2.39. The fraction of sp³-hybridized carbons (Fsp3) is 0.429. The zero-order chi connectivity index (χ0) is 14.2. The summed E-state index contributed by atoms with van der Waals surface area (Å²) in [5.74, 6) is 0.180. The van der Waals surface area contributed by atoms with Gasteiger partial charge in [0, 0.05) is 5.38 Å². The third-order valence-electron chi connectivity index (χ3n) is 3.67. The van der Waals surface area contributed by atoms with Gasteiger partial charge >= 0.3 is 0 Å². The van der Waals surface area contributed by atoms with E-state index in [1.54, 1.807) is 16.7 Å². The number of aliphatic hydroxyl groups excluding tert-OH is 1. The first-order valence-electron chi connectivity index (χ1n) is 6.55. The second-order valence-electron chi connectivity index (χ2n) is 5.32. The molecule has 1 amide bonds. The second kappa shape index (κ2) is 5.27. The first-order chi connectivity index (χ1) is 9.62. The van der Waals surface area contributed by atoms with E-state index in [1.807, 2.05) is 24.4 Å². The lowest BCUT2D eigenvalue weighted by molar-refractivity contribution is 0.0820. The number of nitrogens with zero attached hydrogens (tertiary/aromatic N) is 1. The minimum atomic E-state index is -0.524. The maximum Gasteiger partial charge on any atom is 0.271 e. The van der Waals surface area contributed by atoms with E-state index in [2.05, 4.69) is 10.3 Å². The molecule has 6 heteroatoms. The summed E-state index contributed by atoms with van der Waals surface area (Å²) >= 11 is 3.08. The molecule has 106 valence electrons. The van der Waals surface area contributed by atoms with Gasteiger partial charge in [0.25, 0.3) is 5.91 Å². The van der Waals surface area contributed by atoms with Gasteiger partial charge in [0.2, 0.25) is 0 Å². The summed E-state index contributed by atoms with van der Waals surface area (Å²) in [4.78, 5) is 17.7. The number of aliphatic hydroxyl groups is 1. The van der Waals surface area contributed by atoms with Crippen molar-refractivity contribution >= 4 is 28.6 Å². The van der Waals surface area contributed by atoms with E-state index < -0.39 is 5.54 Å². The minimum absolute atomic E-state index is 0.0364. The van der Waals surface area contributed by atoms with Gasteiger partial charge in [-0.2, -0.15) is 0 Å². The van der Waals surface area contributed by atoms with Crippen molar-refractivity contribution in [1.29, 1.82) is 0 Å². The van der Waals surface area contributed by atoms with Crippen LogP contribution in [0.25, 0.3) is 9.88 Å². The molecule has 1 aliphatic carbocycles. The van der Waals surface area contributed by atoms with Crippen LogP contribution in [0.3, 0.4) is 0 Å². The van der Waals surface area contributed by atoms with Gasteiger partial charge in [-0.15, -0.1) is 22.7 Å². The largest absolute Gasteiger partial charge is 0.394 e. The zero-order valence-electron chi connectivity index (χ0n) is 11.1. The average Bonchev–Trinajstić information content (AvgIpc) is 2.97. The van der Waals surface area contributed by atoms with Gasteiger partial charge in [0.05, 0.1) is 17.0 Å². The zero-order valence-corrected chi connectivity index (χ0v) is 12.8. The van der Waals surface area contributed by atoms with Crippen molar-refractivity contribution in [3.05, 3.63) is 28.6 Å². The van der Waals surface area contributed by atoms with E-state index >= 15 is 0 Å². The predicted octanol–water partition coefficient (Wildman–Crippen LogP) is 2.76. The maximum absolute atomic E-state index is 12.3. The molecule has 2 N–H and O–H groups in total. The molecule has 2 aromatic rings. The molecule has 20 heavy (non-hydrogen) atoms. The number of carbonyl (C=O) groups is 1. The lowest BCUT2D eigenvalue weighted by Gasteiger charge is -2.28. The van der Waals surface area contributed by atoms with Gasteiger partial charge < -0.3 is 10.4 Å². The van der Waals surface area contributed by atoms with Crippen LogP contribution < -0.4 is 5.32 Å². The van der Waals surface area contributed by atoms with Gasteiger partial charge in [0.1, 0.15) is 10.7 Å². The molecule has 1 aliphatic rings. The Balaban J connectivity index is 1.74. The molecule has 0 aliphatic heterocycles. The summed E-state index contributed by atoms with van der Waals surface area (Å²) in [5.41, 5.74) is -0.0946. The van der Waals surface area contributed by atoms with Crippen LogP contribution in [-0.4, -0.2) is 28.1 Å². The molecule has 1 atom stereocenters. The van der Waals surface area contributed by atoms with E-state index in [4.69, 9.17) is 0 Å². The van der Waals surface area contributed by atoms with Crippen molar-refractivity contribution in [3.63, 3.8) is 0 Å². The number of aromatic nitrogens is 1. The number of nitrogens with one attached hydrogen (secondary N) is 1. The van der Waals surface area contributed by atoms with Crippen molar-refractivity contribution < 1.29 is 9.90 Å². The molecule has 1 unspecified atom stereocenters. The average molecular weight is 308 g/mol. The standard InChI is InChI=1S/C14H16N2O2S2/c1-14(8-17,9-4-5-9)16-12(18)10-7-20-13(15-10)11-3-2-6-19-11/h2-3,6-7,9,17H,4-5,8H2,1H3,(H,16,18). The Morgan fingerprint density at radius 1 is 1.55 bits per heavy atom. The normalized spacial score (nSPS) is 17.7. The lowest BCUT2D eigenvalue weighted by atomic mass is 9.97. The number of thiazole rings is 1. The van der Waals surface area contributed by atoms with Crippen LogP contribution in [0.2, 0.25) is 0 Å². The molecule has 0 radical (unpaired) electrons. The molecule has 0 spiro atoms. The number of thiophene rings is 1. The number of hydrogen-bond acceptors (Lipinski definition) is 5. The van der Waals surface area contributed by atoms with Crippen molar-refractivity contribution in [3.8, 4) is 9.88 Å². The minimum Gasteiger partial charge on any atom is -0.394 e. The monoisotopic (exact) mass is 308 g/mol. The Labute approximate surface area is 125 Å². The van der Waals surface area contributed by atoms with E-state index in [-0.39, 0.29) is 12.5 Å². The second-order valence-corrected chi connectivity index (χ2v) is 7.12. The number of hydrogen-bond donors (Lipinski definition) is 2. The van der Waals surface area contributed by atoms with Crippen LogP contribution in [0, 0.1) is 5.92 Å². The summed E-state index contributed by atoms with van der Waals surface area (Å²) in [6.07, 6.45) is 2.13. The van der Waals surface area contributed by atoms with E-state index in [0.29, 0.717) is 11.6 Å². The van der Waals surface area contributed by atoms with Gasteiger partial charge in [-0.25, -0.2) is 4.98 Å². The third-order valence-corrected chi connectivity index (χ3v) is 5.56. The van der Waals surface area contributed by atoms with Gasteiger partial charge in [-0.3, -0.25) is 4.79 Å². The highest BCUT2D eigenvalue weighted by atomic mass is 32.1. The molecule has 3 rings (SSSR count). The highest BCUT2D eigenvalue weighted by molar-refractivity contribution is 7.20. The molecular formula is C14H16N2O2S2. The van der Waals surface area contributed by atoms with Gasteiger partial charge in [0.15, 0.2) is 0 Å². The first-order valence-corrected chi connectivity index (χ1v) is 8.31. The first kappa shape index (κ1) is 13.7. The van der Waals surface area contributed by atoms with Crippen LogP contribution in [0.1, 0.15) is 30.3 Å². The summed E-state index contributed by atoms with van der Waals surface area (Å²) in [5, 5.41) is 17.1. The van der Waals surface area contributed by atoms with Crippen molar-refractivity contribution in [2.75, 3.05) is 6.61 Å².